The fraction of sp³-hybridized carbons (Fsp3) is 0.400. The highest BCUT2D eigenvalue weighted by Gasteiger charge is 2.26. The minimum absolute atomic E-state index is 0.0168. The Morgan fingerprint density at radius 1 is 1.17 bits per heavy atom. The lowest BCUT2D eigenvalue weighted by molar-refractivity contribution is 0.130. The van der Waals surface area contributed by atoms with Crippen molar-refractivity contribution in [3.63, 3.8) is 0 Å². The highest BCUT2D eigenvalue weighted by molar-refractivity contribution is 5.18. The first-order valence-corrected chi connectivity index (χ1v) is 6.20. The molecule has 1 aliphatic heterocycles. The zero-order valence-corrected chi connectivity index (χ0v) is 11.2. The van der Waals surface area contributed by atoms with Crippen LogP contribution in [-0.2, 0) is 0 Å². The first-order valence-electron chi connectivity index (χ1n) is 6.20. The van der Waals surface area contributed by atoms with E-state index >= 15 is 0 Å². The molecule has 2 rings (SSSR count). The molecule has 1 aromatic rings. The van der Waals surface area contributed by atoms with Crippen molar-refractivity contribution in [1.29, 1.82) is 0 Å². The lowest BCUT2D eigenvalue weighted by Crippen LogP contribution is -2.36. The van der Waals surface area contributed by atoms with Crippen molar-refractivity contribution in [2.45, 2.75) is 32.4 Å². The van der Waals surface area contributed by atoms with Crippen LogP contribution in [0.1, 0.15) is 32.4 Å². The maximum absolute atomic E-state index is 10.1. The third kappa shape index (κ3) is 3.05. The summed E-state index contributed by atoms with van der Waals surface area (Å²) in [5, 5.41) is 10.1. The lowest BCUT2D eigenvalue weighted by atomic mass is 10.1. The van der Waals surface area contributed by atoms with Gasteiger partial charge in [-0.15, -0.1) is 0 Å². The summed E-state index contributed by atoms with van der Waals surface area (Å²) in [7, 11) is 0. The topological polar surface area (TPSA) is 26.7 Å². The van der Waals surface area contributed by atoms with Crippen molar-refractivity contribution in [3.8, 4) is 0 Å². The average molecular weight is 244 g/mol. The highest BCUT2D eigenvalue weighted by Crippen LogP contribution is 2.24. The molecule has 1 atom stereocenters. The molecule has 1 N–H and O–H groups in total. The first-order chi connectivity index (χ1) is 8.47. The third-order valence-corrected chi connectivity index (χ3v) is 2.91. The molecule has 0 unspecified atom stereocenters. The Kier molecular flexibility index (Phi) is 3.62. The van der Waals surface area contributed by atoms with Gasteiger partial charge in [0.05, 0.1) is 12.6 Å². The van der Waals surface area contributed by atoms with Gasteiger partial charge in [0.1, 0.15) is 0 Å². The maximum Gasteiger partial charge on any atom is 0.208 e. The largest absolute Gasteiger partial charge is 0.387 e. The van der Waals surface area contributed by atoms with Crippen LogP contribution in [0.2, 0.25) is 0 Å². The summed E-state index contributed by atoms with van der Waals surface area (Å²) in [6, 6.07) is 9.70. The SMILES string of the molecule is CC(C)(C)N1[C]N(C[C@@H](O)c2ccccc2)C=C1. The molecule has 0 bridgehead atoms. The Morgan fingerprint density at radius 3 is 2.39 bits per heavy atom. The number of β-amino-alcohol motifs (C(OH)–C–C–N with tert-alkyl or cyclic N) is 1. The molecule has 18 heavy (non-hydrogen) atoms. The Hall–Kier alpha value is -1.48. The molecule has 0 aliphatic carbocycles. The highest BCUT2D eigenvalue weighted by atomic mass is 16.3. The second-order valence-corrected chi connectivity index (χ2v) is 5.52. The van der Waals surface area contributed by atoms with Crippen molar-refractivity contribution in [2.24, 2.45) is 0 Å². The molecular weight excluding hydrogens is 224 g/mol. The van der Waals surface area contributed by atoms with Gasteiger partial charge in [0.25, 0.3) is 0 Å². The van der Waals surface area contributed by atoms with Crippen LogP contribution in [0, 0.1) is 6.67 Å². The number of hydrogen-bond donors (Lipinski definition) is 1. The normalized spacial score (nSPS) is 17.3. The standard InChI is InChI=1S/C15H20N2O/c1-15(2,3)17-10-9-16(12-17)11-14(18)13-7-5-4-6-8-13/h4-10,14,18H,11H2,1-3H3/t14-/m1/s1. The number of benzene rings is 1. The number of rotatable bonds is 3. The van der Waals surface area contributed by atoms with E-state index in [1.807, 2.05) is 52.5 Å². The van der Waals surface area contributed by atoms with E-state index in [0.717, 1.165) is 5.56 Å². The van der Waals surface area contributed by atoms with Crippen LogP contribution in [0.15, 0.2) is 42.7 Å². The van der Waals surface area contributed by atoms with E-state index in [9.17, 15) is 5.11 Å². The van der Waals surface area contributed by atoms with E-state index in [-0.39, 0.29) is 5.54 Å². The van der Waals surface area contributed by atoms with Gasteiger partial charge in [-0.05, 0) is 26.3 Å². The fourth-order valence-electron chi connectivity index (χ4n) is 1.79. The molecule has 1 aromatic carbocycles. The number of aliphatic hydroxyl groups is 1. The van der Waals surface area contributed by atoms with Gasteiger partial charge in [0.15, 0.2) is 0 Å². The molecule has 0 spiro atoms. The first kappa shape index (κ1) is 13.0. The Morgan fingerprint density at radius 2 is 1.83 bits per heavy atom. The third-order valence-electron chi connectivity index (χ3n) is 2.91. The molecular formula is C15H20N2O. The minimum atomic E-state index is -0.497. The Balaban J connectivity index is 1.91. The second kappa shape index (κ2) is 5.02. The summed E-state index contributed by atoms with van der Waals surface area (Å²) in [5.41, 5.74) is 0.949. The van der Waals surface area contributed by atoms with Crippen molar-refractivity contribution in [3.05, 3.63) is 55.0 Å². The molecule has 0 aromatic heterocycles. The summed E-state index contributed by atoms with van der Waals surface area (Å²) in [6.45, 7) is 10.1. The molecule has 0 saturated heterocycles. The second-order valence-electron chi connectivity index (χ2n) is 5.52. The van der Waals surface area contributed by atoms with E-state index in [0.29, 0.717) is 6.54 Å². The van der Waals surface area contributed by atoms with E-state index in [4.69, 9.17) is 0 Å². The minimum Gasteiger partial charge on any atom is -0.387 e. The van der Waals surface area contributed by atoms with E-state index in [1.165, 1.54) is 0 Å². The van der Waals surface area contributed by atoms with Crippen LogP contribution in [0.25, 0.3) is 0 Å². The summed E-state index contributed by atoms with van der Waals surface area (Å²) in [4.78, 5) is 3.91. The zero-order chi connectivity index (χ0) is 13.2. The van der Waals surface area contributed by atoms with E-state index in [2.05, 4.69) is 27.4 Å². The quantitative estimate of drug-likeness (QED) is 0.885. The number of hydrogen-bond acceptors (Lipinski definition) is 3. The molecule has 0 saturated carbocycles. The van der Waals surface area contributed by atoms with Crippen LogP contribution in [0.5, 0.6) is 0 Å². The maximum atomic E-state index is 10.1. The summed E-state index contributed by atoms with van der Waals surface area (Å²) in [5.74, 6) is 0. The molecule has 0 amide bonds. The monoisotopic (exact) mass is 244 g/mol. The van der Waals surface area contributed by atoms with Crippen molar-refractivity contribution >= 4 is 0 Å². The van der Waals surface area contributed by atoms with Crippen LogP contribution < -0.4 is 0 Å². The molecule has 2 radical (unpaired) electrons. The van der Waals surface area contributed by atoms with Gasteiger partial charge in [0, 0.05) is 17.9 Å². The van der Waals surface area contributed by atoms with Gasteiger partial charge >= 0.3 is 0 Å². The zero-order valence-electron chi connectivity index (χ0n) is 11.2. The molecule has 1 aliphatic rings. The summed E-state index contributed by atoms with van der Waals surface area (Å²) < 4.78 is 0. The van der Waals surface area contributed by atoms with Crippen LogP contribution in [0.3, 0.4) is 0 Å². The molecule has 3 nitrogen and oxygen atoms in total. The number of aliphatic hydroxyl groups excluding tert-OH is 1. The molecule has 96 valence electrons. The Bertz CT molecular complexity index is 408. The van der Waals surface area contributed by atoms with Crippen molar-refractivity contribution in [1.82, 2.24) is 9.80 Å². The summed E-state index contributed by atoms with van der Waals surface area (Å²) in [6.07, 6.45) is 3.43. The summed E-state index contributed by atoms with van der Waals surface area (Å²) >= 11 is 0. The smallest absolute Gasteiger partial charge is 0.208 e. The van der Waals surface area contributed by atoms with Crippen LogP contribution in [-0.4, -0.2) is 27.0 Å². The van der Waals surface area contributed by atoms with Crippen molar-refractivity contribution < 1.29 is 5.11 Å². The predicted octanol–water partition coefficient (Wildman–Crippen LogP) is 2.60. The van der Waals surface area contributed by atoms with E-state index in [1.54, 1.807) is 0 Å². The van der Waals surface area contributed by atoms with Crippen molar-refractivity contribution in [2.75, 3.05) is 6.54 Å². The van der Waals surface area contributed by atoms with Crippen LogP contribution >= 0.6 is 0 Å². The Labute approximate surface area is 109 Å². The van der Waals surface area contributed by atoms with Gasteiger partial charge in [-0.1, -0.05) is 30.3 Å². The van der Waals surface area contributed by atoms with E-state index < -0.39 is 6.10 Å². The number of nitrogens with zero attached hydrogens (tertiary/aromatic N) is 2. The van der Waals surface area contributed by atoms with Gasteiger partial charge in [-0.3, -0.25) is 0 Å². The average Bonchev–Trinajstić information content (AvgIpc) is 2.78. The van der Waals surface area contributed by atoms with Gasteiger partial charge in [0.2, 0.25) is 6.67 Å². The molecule has 0 fully saturated rings. The van der Waals surface area contributed by atoms with Gasteiger partial charge < -0.3 is 14.9 Å². The fourth-order valence-corrected chi connectivity index (χ4v) is 1.79. The molecule has 3 heteroatoms. The predicted molar refractivity (Wildman–Crippen MR) is 72.1 cm³/mol. The lowest BCUT2D eigenvalue weighted by Gasteiger charge is -2.31. The van der Waals surface area contributed by atoms with Gasteiger partial charge in [-0.2, -0.15) is 0 Å². The van der Waals surface area contributed by atoms with Gasteiger partial charge in [-0.25, -0.2) is 0 Å². The van der Waals surface area contributed by atoms with Crippen LogP contribution in [0.4, 0.5) is 0 Å². The molecule has 1 heterocycles.